The molecule has 0 atom stereocenters. The van der Waals surface area contributed by atoms with Crippen LogP contribution in [0.5, 0.6) is 5.75 Å². The highest BCUT2D eigenvalue weighted by molar-refractivity contribution is 6.42. The quantitative estimate of drug-likeness (QED) is 0.471. The van der Waals surface area contributed by atoms with E-state index in [4.69, 9.17) is 32.4 Å². The summed E-state index contributed by atoms with van der Waals surface area (Å²) in [5.74, 6) is 1.50. The molecule has 1 amide bonds. The molecule has 0 radical (unpaired) electrons. The van der Waals surface area contributed by atoms with Crippen LogP contribution in [0.25, 0.3) is 16.5 Å². The smallest absolute Gasteiger partial charge is 0.248 e. The number of fused-ring (bicyclic) bond motifs is 3. The number of benzene rings is 2. The maximum absolute atomic E-state index is 12.5. The van der Waals surface area contributed by atoms with Crippen LogP contribution in [0.4, 0.5) is 5.69 Å². The zero-order valence-corrected chi connectivity index (χ0v) is 17.8. The molecule has 2 aromatic carbocycles. The number of hydrogen-bond acceptors (Lipinski definition) is 3. The fourth-order valence-electron chi connectivity index (χ4n) is 3.79. The van der Waals surface area contributed by atoms with Gasteiger partial charge in [-0.05, 0) is 56.0 Å². The summed E-state index contributed by atoms with van der Waals surface area (Å²) in [7, 11) is 1.62. The predicted molar refractivity (Wildman–Crippen MR) is 118 cm³/mol. The molecule has 1 aliphatic rings. The second kappa shape index (κ2) is 8.13. The lowest BCUT2D eigenvalue weighted by Gasteiger charge is -2.11. The number of methoxy groups -OCH3 is 1. The van der Waals surface area contributed by atoms with E-state index in [2.05, 4.69) is 11.4 Å². The summed E-state index contributed by atoms with van der Waals surface area (Å²) in [6.07, 6.45) is 5.88. The Morgan fingerprint density at radius 3 is 2.69 bits per heavy atom. The number of hydrogen-bond donors (Lipinski definition) is 1. The van der Waals surface area contributed by atoms with E-state index in [0.29, 0.717) is 21.5 Å². The van der Waals surface area contributed by atoms with Crippen LogP contribution in [-0.2, 0) is 17.6 Å². The third-order valence-corrected chi connectivity index (χ3v) is 5.98. The highest BCUT2D eigenvalue weighted by atomic mass is 35.5. The Morgan fingerprint density at radius 1 is 1.14 bits per heavy atom. The van der Waals surface area contributed by atoms with Crippen LogP contribution in [0, 0.1) is 0 Å². The lowest BCUT2D eigenvalue weighted by atomic mass is 9.94. The molecule has 1 aliphatic carbocycles. The van der Waals surface area contributed by atoms with Crippen molar-refractivity contribution in [1.29, 1.82) is 0 Å². The molecule has 3 aromatic rings. The molecule has 0 saturated carbocycles. The number of carbonyl (C=O) groups is 1. The number of nitrogens with one attached hydrogen (secondary N) is 1. The van der Waals surface area contributed by atoms with Gasteiger partial charge in [-0.15, -0.1) is 0 Å². The zero-order valence-electron chi connectivity index (χ0n) is 16.3. The minimum absolute atomic E-state index is 0.253. The van der Waals surface area contributed by atoms with E-state index >= 15 is 0 Å². The lowest BCUT2D eigenvalue weighted by molar-refractivity contribution is -0.111. The van der Waals surface area contributed by atoms with E-state index in [0.717, 1.165) is 47.1 Å². The van der Waals surface area contributed by atoms with Gasteiger partial charge in [-0.1, -0.05) is 23.2 Å². The Bertz CT molecular complexity index is 1130. The van der Waals surface area contributed by atoms with E-state index in [1.54, 1.807) is 31.4 Å². The van der Waals surface area contributed by atoms with Crippen LogP contribution in [-0.4, -0.2) is 13.0 Å². The Hall–Kier alpha value is -2.43. The minimum Gasteiger partial charge on any atom is -0.496 e. The van der Waals surface area contributed by atoms with Crippen LogP contribution < -0.4 is 10.1 Å². The molecule has 1 N–H and O–H groups in total. The van der Waals surface area contributed by atoms with Crippen LogP contribution in [0.15, 0.2) is 40.8 Å². The molecule has 4 rings (SSSR count). The van der Waals surface area contributed by atoms with Crippen LogP contribution >= 0.6 is 23.2 Å². The van der Waals surface area contributed by atoms with Gasteiger partial charge in [0.05, 0.1) is 17.2 Å². The van der Waals surface area contributed by atoms with Crippen molar-refractivity contribution < 1.29 is 13.9 Å². The SMILES string of the molecule is COc1cc2oc3c(c2cc1/C(C)=C/C(=O)Nc1ccc(Cl)c(Cl)c1)CCCC3. The van der Waals surface area contributed by atoms with Crippen molar-refractivity contribution in [2.24, 2.45) is 0 Å². The molecule has 1 aromatic heterocycles. The molecule has 0 saturated heterocycles. The highest BCUT2D eigenvalue weighted by Gasteiger charge is 2.20. The minimum atomic E-state index is -0.253. The summed E-state index contributed by atoms with van der Waals surface area (Å²) in [4.78, 5) is 12.5. The van der Waals surface area contributed by atoms with Gasteiger partial charge in [-0.2, -0.15) is 0 Å². The average Bonchev–Trinajstić information content (AvgIpc) is 3.07. The van der Waals surface area contributed by atoms with Gasteiger partial charge in [0.2, 0.25) is 5.91 Å². The number of carbonyl (C=O) groups excluding carboxylic acids is 1. The molecule has 4 nitrogen and oxygen atoms in total. The standard InChI is InChI=1S/C23H21Cl2NO3/c1-13(9-23(27)26-14-7-8-18(24)19(25)10-14)16-11-17-15-5-3-4-6-20(15)29-22(17)12-21(16)28-2/h7-12H,3-6H2,1-2H3,(H,26,27)/b13-9+. The van der Waals surface area contributed by atoms with E-state index in [9.17, 15) is 4.79 Å². The van der Waals surface area contributed by atoms with E-state index in [1.165, 1.54) is 12.0 Å². The van der Waals surface area contributed by atoms with Crippen LogP contribution in [0.2, 0.25) is 10.0 Å². The van der Waals surface area contributed by atoms with Crippen molar-refractivity contribution in [3.05, 3.63) is 63.3 Å². The number of ether oxygens (including phenoxy) is 1. The maximum Gasteiger partial charge on any atom is 0.248 e. The number of allylic oxidation sites excluding steroid dienone is 1. The largest absolute Gasteiger partial charge is 0.496 e. The lowest BCUT2D eigenvalue weighted by Crippen LogP contribution is -2.08. The van der Waals surface area contributed by atoms with Gasteiger partial charge in [-0.3, -0.25) is 4.79 Å². The first kappa shape index (κ1) is 19.9. The first-order chi connectivity index (χ1) is 14.0. The third kappa shape index (κ3) is 4.00. The molecule has 150 valence electrons. The average molecular weight is 430 g/mol. The van der Waals surface area contributed by atoms with E-state index < -0.39 is 0 Å². The fourth-order valence-corrected chi connectivity index (χ4v) is 4.09. The van der Waals surface area contributed by atoms with E-state index in [-0.39, 0.29) is 5.91 Å². The first-order valence-corrected chi connectivity index (χ1v) is 10.3. The number of halogens is 2. The monoisotopic (exact) mass is 429 g/mol. The molecule has 0 bridgehead atoms. The van der Waals surface area contributed by atoms with Crippen molar-refractivity contribution >= 4 is 51.3 Å². The molecular formula is C23H21Cl2NO3. The number of aryl methyl sites for hydroxylation is 2. The first-order valence-electron chi connectivity index (χ1n) is 9.53. The molecule has 0 spiro atoms. The summed E-state index contributed by atoms with van der Waals surface area (Å²) < 4.78 is 11.6. The van der Waals surface area contributed by atoms with Gasteiger partial charge in [0.25, 0.3) is 0 Å². The van der Waals surface area contributed by atoms with Crippen molar-refractivity contribution in [3.63, 3.8) is 0 Å². The van der Waals surface area contributed by atoms with Crippen LogP contribution in [0.1, 0.15) is 36.7 Å². The molecule has 0 fully saturated rings. The summed E-state index contributed by atoms with van der Waals surface area (Å²) in [6.45, 7) is 1.89. The Labute approximate surface area is 179 Å². The molecule has 0 unspecified atom stereocenters. The topological polar surface area (TPSA) is 51.5 Å². The molecule has 1 heterocycles. The van der Waals surface area contributed by atoms with Gasteiger partial charge in [-0.25, -0.2) is 0 Å². The van der Waals surface area contributed by atoms with Crippen molar-refractivity contribution in [2.75, 3.05) is 12.4 Å². The van der Waals surface area contributed by atoms with Gasteiger partial charge < -0.3 is 14.5 Å². The summed E-state index contributed by atoms with van der Waals surface area (Å²) in [5.41, 5.74) is 4.37. The highest BCUT2D eigenvalue weighted by Crippen LogP contribution is 2.38. The predicted octanol–water partition coefficient (Wildman–Crippen LogP) is 6.67. The number of rotatable bonds is 4. The van der Waals surface area contributed by atoms with Crippen molar-refractivity contribution in [1.82, 2.24) is 0 Å². The van der Waals surface area contributed by atoms with E-state index in [1.807, 2.05) is 13.0 Å². The number of amides is 1. The second-order valence-electron chi connectivity index (χ2n) is 7.21. The maximum atomic E-state index is 12.5. The summed E-state index contributed by atoms with van der Waals surface area (Å²) in [5, 5.41) is 4.75. The molecule has 6 heteroatoms. The molecular weight excluding hydrogens is 409 g/mol. The Balaban J connectivity index is 1.66. The number of anilines is 1. The van der Waals surface area contributed by atoms with Crippen molar-refractivity contribution in [3.8, 4) is 5.75 Å². The molecule has 0 aliphatic heterocycles. The summed E-state index contributed by atoms with van der Waals surface area (Å²) >= 11 is 11.9. The van der Waals surface area contributed by atoms with Gasteiger partial charge in [0.15, 0.2) is 0 Å². The van der Waals surface area contributed by atoms with Gasteiger partial charge in [0, 0.05) is 40.8 Å². The zero-order chi connectivity index (χ0) is 20.5. The van der Waals surface area contributed by atoms with Crippen molar-refractivity contribution in [2.45, 2.75) is 32.6 Å². The van der Waals surface area contributed by atoms with Gasteiger partial charge >= 0.3 is 0 Å². The van der Waals surface area contributed by atoms with Crippen LogP contribution in [0.3, 0.4) is 0 Å². The molecule has 29 heavy (non-hydrogen) atoms. The Kier molecular flexibility index (Phi) is 5.57. The fraction of sp³-hybridized carbons (Fsp3) is 0.261. The number of furan rings is 1. The third-order valence-electron chi connectivity index (χ3n) is 5.24. The van der Waals surface area contributed by atoms with Gasteiger partial charge in [0.1, 0.15) is 17.1 Å². The Morgan fingerprint density at radius 2 is 1.93 bits per heavy atom. The summed E-state index contributed by atoms with van der Waals surface area (Å²) in [6, 6.07) is 8.96. The normalized spacial score (nSPS) is 14.0. The second-order valence-corrected chi connectivity index (χ2v) is 8.02.